The standard InChI is InChI=1S/C32H36N4O4/c1-17-11-22-14-27-19(3)23(7-9-31(37)39-5)29(35-27)16-30-24(8-10-32(38)40-6)20(4)28(36-30)15-26-18(2)12-21(34-26)13-25(17)33-22/h11-16,33-36H,7-10H2,1-6H3/b21-13-,22-14?,25-13?,26-15-,27-14-,28-15?,29-16-,30-16?. The number of rotatable bonds is 6. The lowest BCUT2D eigenvalue weighted by Crippen LogP contribution is -2.14. The third-order valence-corrected chi connectivity index (χ3v) is 7.84. The first-order valence-electron chi connectivity index (χ1n) is 13.5. The molecule has 1 aliphatic rings. The molecule has 0 amide bonds. The van der Waals surface area contributed by atoms with Gasteiger partial charge in [-0.3, -0.25) is 9.59 Å². The second-order valence-corrected chi connectivity index (χ2v) is 10.5. The average Bonchev–Trinajstić information content (AvgIpc) is 3.62. The van der Waals surface area contributed by atoms with Crippen LogP contribution in [0.25, 0.3) is 24.3 Å². The molecule has 0 aromatic carbocycles. The van der Waals surface area contributed by atoms with E-state index < -0.39 is 0 Å². The minimum Gasteiger partial charge on any atom is -0.469 e. The van der Waals surface area contributed by atoms with Crippen molar-refractivity contribution in [1.29, 1.82) is 0 Å². The zero-order valence-electron chi connectivity index (χ0n) is 23.9. The number of esters is 2. The summed E-state index contributed by atoms with van der Waals surface area (Å²) in [7, 11) is 2.82. The number of aromatic amines is 4. The van der Waals surface area contributed by atoms with Crippen LogP contribution in [0.4, 0.5) is 0 Å². The number of carbonyl (C=O) groups excluding carboxylic acids is 2. The molecular formula is C32H36N4O4. The van der Waals surface area contributed by atoms with E-state index in [-0.39, 0.29) is 24.8 Å². The van der Waals surface area contributed by atoms with E-state index in [1.54, 1.807) is 0 Å². The normalized spacial score (nSPS) is 15.6. The Morgan fingerprint density at radius 3 is 2.00 bits per heavy atom. The van der Waals surface area contributed by atoms with Gasteiger partial charge in [0.05, 0.1) is 14.2 Å². The van der Waals surface area contributed by atoms with E-state index in [0.717, 1.165) is 77.6 Å². The van der Waals surface area contributed by atoms with Gasteiger partial charge in [-0.2, -0.15) is 0 Å². The highest BCUT2D eigenvalue weighted by molar-refractivity contribution is 5.71. The third kappa shape index (κ3) is 5.34. The molecule has 4 N–H and O–H groups in total. The van der Waals surface area contributed by atoms with Crippen LogP contribution in [0.3, 0.4) is 0 Å². The Labute approximate surface area is 232 Å². The molecule has 0 spiro atoms. The highest BCUT2D eigenvalue weighted by Crippen LogP contribution is 2.22. The summed E-state index contributed by atoms with van der Waals surface area (Å²) in [6.07, 6.45) is 10.1. The second kappa shape index (κ2) is 11.0. The zero-order chi connectivity index (χ0) is 28.6. The van der Waals surface area contributed by atoms with Crippen LogP contribution < -0.4 is 21.4 Å². The molecule has 208 valence electrons. The summed E-state index contributed by atoms with van der Waals surface area (Å²) < 4.78 is 9.85. The van der Waals surface area contributed by atoms with E-state index in [9.17, 15) is 9.59 Å². The first-order valence-corrected chi connectivity index (χ1v) is 13.5. The molecule has 0 saturated heterocycles. The number of nitrogens with one attached hydrogen (secondary N) is 4. The molecule has 4 aromatic rings. The Morgan fingerprint density at radius 2 is 1.30 bits per heavy atom. The summed E-state index contributed by atoms with van der Waals surface area (Å²) in [5, 5.41) is 3.91. The number of carbonyl (C=O) groups is 2. The van der Waals surface area contributed by atoms with Crippen LogP contribution >= 0.6 is 0 Å². The lowest BCUT2D eigenvalue weighted by molar-refractivity contribution is -0.141. The fourth-order valence-electron chi connectivity index (χ4n) is 5.45. The topological polar surface area (TPSA) is 116 Å². The van der Waals surface area contributed by atoms with Gasteiger partial charge >= 0.3 is 11.9 Å². The minimum atomic E-state index is -0.248. The van der Waals surface area contributed by atoms with Crippen LogP contribution in [0.2, 0.25) is 0 Å². The van der Waals surface area contributed by atoms with Crippen LogP contribution in [-0.2, 0) is 31.9 Å². The fraction of sp³-hybridized carbons (Fsp3) is 0.312. The summed E-state index contributed by atoms with van der Waals surface area (Å²) in [5.41, 5.74) is 10.5. The summed E-state index contributed by atoms with van der Waals surface area (Å²) in [6.45, 7) is 8.34. The SMILES string of the molecule is COC(=O)CCc1c2[nH]c(c1C)/C=c1\[nH]/c(cc1C)=C\c1[nH]c(cc1C)/C=c1\[nH]/c(c(CCC(=O)OC)c1C)=C\2. The van der Waals surface area contributed by atoms with Crippen LogP contribution in [0.15, 0.2) is 12.1 Å². The largest absolute Gasteiger partial charge is 0.469 e. The molecule has 4 aromatic heterocycles. The van der Waals surface area contributed by atoms with Gasteiger partial charge < -0.3 is 29.4 Å². The number of hydrogen-bond donors (Lipinski definition) is 4. The summed E-state index contributed by atoms with van der Waals surface area (Å²) in [4.78, 5) is 38.4. The van der Waals surface area contributed by atoms with E-state index >= 15 is 0 Å². The van der Waals surface area contributed by atoms with Crippen LogP contribution in [0.5, 0.6) is 0 Å². The van der Waals surface area contributed by atoms with Crippen molar-refractivity contribution in [3.63, 3.8) is 0 Å². The van der Waals surface area contributed by atoms with Gasteiger partial charge in [-0.1, -0.05) is 0 Å². The van der Waals surface area contributed by atoms with Crippen molar-refractivity contribution >= 4 is 36.2 Å². The molecule has 8 nitrogen and oxygen atoms in total. The number of ether oxygens (including phenoxy) is 2. The average molecular weight is 541 g/mol. The maximum absolute atomic E-state index is 12.1. The number of aryl methyl sites for hydroxylation is 2. The highest BCUT2D eigenvalue weighted by Gasteiger charge is 2.16. The van der Waals surface area contributed by atoms with Gasteiger partial charge in [-0.15, -0.1) is 0 Å². The molecule has 0 saturated carbocycles. The molecule has 8 bridgehead atoms. The zero-order valence-corrected chi connectivity index (χ0v) is 23.9. The van der Waals surface area contributed by atoms with Gasteiger partial charge in [0.1, 0.15) is 0 Å². The number of hydrogen-bond acceptors (Lipinski definition) is 4. The quantitative estimate of drug-likeness (QED) is 0.247. The van der Waals surface area contributed by atoms with Crippen molar-refractivity contribution in [2.45, 2.75) is 53.4 Å². The van der Waals surface area contributed by atoms with Gasteiger partial charge in [0, 0.05) is 57.0 Å². The Balaban J connectivity index is 1.80. The van der Waals surface area contributed by atoms with Crippen molar-refractivity contribution in [1.82, 2.24) is 19.9 Å². The first kappa shape index (κ1) is 27.1. The molecule has 1 aliphatic heterocycles. The van der Waals surface area contributed by atoms with Crippen LogP contribution in [-0.4, -0.2) is 46.1 Å². The number of fused-ring (bicyclic) bond motifs is 8. The van der Waals surface area contributed by atoms with Crippen molar-refractivity contribution in [3.8, 4) is 0 Å². The Morgan fingerprint density at radius 1 is 0.625 bits per heavy atom. The summed E-state index contributed by atoms with van der Waals surface area (Å²) >= 11 is 0. The van der Waals surface area contributed by atoms with E-state index in [1.807, 2.05) is 0 Å². The van der Waals surface area contributed by atoms with E-state index in [0.29, 0.717) is 12.8 Å². The maximum atomic E-state index is 12.1. The van der Waals surface area contributed by atoms with Crippen molar-refractivity contribution in [2.75, 3.05) is 14.2 Å². The van der Waals surface area contributed by atoms with Gasteiger partial charge in [0.2, 0.25) is 0 Å². The lowest BCUT2D eigenvalue weighted by atomic mass is 10.0. The summed E-state index contributed by atoms with van der Waals surface area (Å²) in [5.74, 6) is -0.495. The predicted molar refractivity (Wildman–Crippen MR) is 156 cm³/mol. The molecule has 0 unspecified atom stereocenters. The van der Waals surface area contributed by atoms with Crippen molar-refractivity contribution in [2.24, 2.45) is 0 Å². The fourth-order valence-corrected chi connectivity index (χ4v) is 5.45. The number of aromatic nitrogens is 4. The molecule has 5 heterocycles. The van der Waals surface area contributed by atoms with Crippen molar-refractivity contribution in [3.05, 3.63) is 89.7 Å². The van der Waals surface area contributed by atoms with Crippen molar-refractivity contribution < 1.29 is 19.1 Å². The van der Waals surface area contributed by atoms with Gasteiger partial charge in [0.15, 0.2) is 0 Å². The molecule has 40 heavy (non-hydrogen) atoms. The monoisotopic (exact) mass is 540 g/mol. The second-order valence-electron chi connectivity index (χ2n) is 10.5. The summed E-state index contributed by atoms with van der Waals surface area (Å²) in [6, 6.07) is 4.28. The smallest absolute Gasteiger partial charge is 0.305 e. The van der Waals surface area contributed by atoms with Crippen LogP contribution in [0.1, 0.15) is 69.0 Å². The Kier molecular flexibility index (Phi) is 7.43. The third-order valence-electron chi connectivity index (χ3n) is 7.84. The number of H-pyrrole nitrogens is 4. The highest BCUT2D eigenvalue weighted by atomic mass is 16.5. The van der Waals surface area contributed by atoms with Gasteiger partial charge in [0.25, 0.3) is 0 Å². The maximum Gasteiger partial charge on any atom is 0.305 e. The Bertz CT molecular complexity index is 1860. The van der Waals surface area contributed by atoms with Crippen LogP contribution in [0, 0.1) is 27.7 Å². The van der Waals surface area contributed by atoms with Gasteiger partial charge in [-0.25, -0.2) is 0 Å². The Hall–Kier alpha value is -4.46. The minimum absolute atomic E-state index is 0.248. The van der Waals surface area contributed by atoms with Gasteiger partial charge in [-0.05, 0) is 110 Å². The predicted octanol–water partition coefficient (Wildman–Crippen LogP) is 2.07. The molecule has 0 fully saturated rings. The molecular weight excluding hydrogens is 504 g/mol. The number of methoxy groups -OCH3 is 2. The molecule has 5 rings (SSSR count). The van der Waals surface area contributed by atoms with E-state index in [1.165, 1.54) is 14.2 Å². The molecule has 0 atom stereocenters. The lowest BCUT2D eigenvalue weighted by Gasteiger charge is -2.03. The first-order chi connectivity index (χ1) is 19.2. The molecule has 0 aliphatic carbocycles. The molecule has 0 radical (unpaired) electrons. The molecule has 8 heteroatoms. The van der Waals surface area contributed by atoms with E-state index in [2.05, 4.69) is 84.1 Å². The van der Waals surface area contributed by atoms with E-state index in [4.69, 9.17) is 9.47 Å².